The van der Waals surface area contributed by atoms with Crippen molar-refractivity contribution in [3.63, 3.8) is 0 Å². The molecule has 1 heterocycles. The molecule has 0 spiro atoms. The highest BCUT2D eigenvalue weighted by Gasteiger charge is 2.13. The Morgan fingerprint density at radius 1 is 1.26 bits per heavy atom. The minimum absolute atomic E-state index is 0.291. The molecule has 0 radical (unpaired) electrons. The van der Waals surface area contributed by atoms with Gasteiger partial charge in [-0.25, -0.2) is 9.78 Å². The van der Waals surface area contributed by atoms with Crippen molar-refractivity contribution in [1.82, 2.24) is 9.55 Å². The number of hydrogen-bond donors (Lipinski definition) is 1. The Balaban J connectivity index is 2.01. The summed E-state index contributed by atoms with van der Waals surface area (Å²) in [7, 11) is 0. The van der Waals surface area contributed by atoms with Crippen molar-refractivity contribution in [2.24, 2.45) is 0 Å². The number of carboxylic acid groups (broad SMARTS) is 1. The summed E-state index contributed by atoms with van der Waals surface area (Å²) in [4.78, 5) is 15.7. The average molecular weight is 392 g/mol. The second-order valence-corrected chi connectivity index (χ2v) is 6.35. The van der Waals surface area contributed by atoms with E-state index in [4.69, 9.17) is 11.6 Å². The lowest BCUT2D eigenvalue weighted by Gasteiger charge is -2.11. The van der Waals surface area contributed by atoms with Crippen LogP contribution >= 0.6 is 27.5 Å². The summed E-state index contributed by atoms with van der Waals surface area (Å²) in [6.45, 7) is 0.419. The van der Waals surface area contributed by atoms with Gasteiger partial charge in [-0.2, -0.15) is 0 Å². The molecule has 0 unspecified atom stereocenters. The molecule has 0 fully saturated rings. The number of benzene rings is 2. The molecule has 6 heteroatoms. The summed E-state index contributed by atoms with van der Waals surface area (Å²) in [6, 6.07) is 12.5. The molecule has 0 aliphatic rings. The molecule has 1 aromatic heterocycles. The molecule has 116 valence electrons. The summed E-state index contributed by atoms with van der Waals surface area (Å²) in [6.07, 6.45) is 3.51. The maximum Gasteiger partial charge on any atom is 0.336 e. The van der Waals surface area contributed by atoms with Crippen LogP contribution in [0.15, 0.2) is 59.3 Å². The molecule has 23 heavy (non-hydrogen) atoms. The lowest BCUT2D eigenvalue weighted by Crippen LogP contribution is -2.07. The van der Waals surface area contributed by atoms with Crippen molar-refractivity contribution in [3.8, 4) is 11.4 Å². The number of carbonyl (C=O) groups is 1. The van der Waals surface area contributed by atoms with Gasteiger partial charge in [-0.15, -0.1) is 0 Å². The second kappa shape index (κ2) is 6.56. The average Bonchev–Trinajstić information content (AvgIpc) is 2.95. The van der Waals surface area contributed by atoms with Gasteiger partial charge in [0.25, 0.3) is 0 Å². The Kier molecular flexibility index (Phi) is 4.50. The molecule has 4 nitrogen and oxygen atoms in total. The van der Waals surface area contributed by atoms with Gasteiger partial charge in [0.05, 0.1) is 5.56 Å². The quantitative estimate of drug-likeness (QED) is 0.700. The maximum atomic E-state index is 11.3. The van der Waals surface area contributed by atoms with Gasteiger partial charge < -0.3 is 9.67 Å². The van der Waals surface area contributed by atoms with Crippen LogP contribution in [0.1, 0.15) is 15.9 Å². The number of rotatable bonds is 4. The van der Waals surface area contributed by atoms with Crippen LogP contribution in [0.2, 0.25) is 5.02 Å². The first-order valence-electron chi connectivity index (χ1n) is 6.83. The van der Waals surface area contributed by atoms with Gasteiger partial charge in [0.15, 0.2) is 0 Å². The monoisotopic (exact) mass is 390 g/mol. The topological polar surface area (TPSA) is 55.1 Å². The largest absolute Gasteiger partial charge is 0.478 e. The van der Waals surface area contributed by atoms with E-state index in [0.29, 0.717) is 17.1 Å². The van der Waals surface area contributed by atoms with Gasteiger partial charge in [0.2, 0.25) is 0 Å². The predicted octanol–water partition coefficient (Wildman–Crippen LogP) is 4.71. The van der Waals surface area contributed by atoms with Gasteiger partial charge in [0.1, 0.15) is 5.82 Å². The third-order valence-corrected chi connectivity index (χ3v) is 4.10. The van der Waals surface area contributed by atoms with Crippen molar-refractivity contribution in [1.29, 1.82) is 0 Å². The van der Waals surface area contributed by atoms with Crippen LogP contribution in [-0.4, -0.2) is 20.6 Å². The fraction of sp³-hybridized carbons (Fsp3) is 0.0588. The Hall–Kier alpha value is -2.11. The van der Waals surface area contributed by atoms with E-state index in [1.807, 2.05) is 29.0 Å². The lowest BCUT2D eigenvalue weighted by molar-refractivity contribution is 0.0695. The summed E-state index contributed by atoms with van der Waals surface area (Å²) in [5.74, 6) is -0.207. The minimum atomic E-state index is -0.937. The van der Waals surface area contributed by atoms with Gasteiger partial charge in [-0.05, 0) is 29.8 Å². The predicted molar refractivity (Wildman–Crippen MR) is 92.9 cm³/mol. The zero-order valence-corrected chi connectivity index (χ0v) is 14.3. The number of hydrogen-bond acceptors (Lipinski definition) is 2. The Labute approximate surface area is 146 Å². The van der Waals surface area contributed by atoms with Crippen molar-refractivity contribution < 1.29 is 9.90 Å². The van der Waals surface area contributed by atoms with Crippen LogP contribution in [-0.2, 0) is 6.54 Å². The molecule has 3 aromatic rings. The zero-order valence-electron chi connectivity index (χ0n) is 11.9. The van der Waals surface area contributed by atoms with Gasteiger partial charge in [-0.1, -0.05) is 45.7 Å². The SMILES string of the molecule is O=C(O)c1ccccc1Cn1ccnc1-c1cc(Cl)cc(Br)c1. The third-order valence-electron chi connectivity index (χ3n) is 3.42. The van der Waals surface area contributed by atoms with Crippen molar-refractivity contribution in [3.05, 3.63) is 75.5 Å². The van der Waals surface area contributed by atoms with E-state index < -0.39 is 5.97 Å². The van der Waals surface area contributed by atoms with E-state index in [1.54, 1.807) is 30.5 Å². The normalized spacial score (nSPS) is 10.7. The standard InChI is InChI=1S/C17H12BrClN2O2/c18-13-7-12(8-14(19)9-13)16-20-5-6-21(16)10-11-3-1-2-4-15(11)17(22)23/h1-9H,10H2,(H,22,23). The van der Waals surface area contributed by atoms with Crippen LogP contribution in [0, 0.1) is 0 Å². The fourth-order valence-electron chi connectivity index (χ4n) is 2.43. The van der Waals surface area contributed by atoms with E-state index in [-0.39, 0.29) is 0 Å². The molecule has 0 saturated carbocycles. The molecule has 2 aromatic carbocycles. The van der Waals surface area contributed by atoms with Crippen LogP contribution < -0.4 is 0 Å². The van der Waals surface area contributed by atoms with E-state index >= 15 is 0 Å². The first kappa shape index (κ1) is 15.8. The summed E-state index contributed by atoms with van der Waals surface area (Å²) in [5, 5.41) is 9.91. The molecule has 0 saturated heterocycles. The van der Waals surface area contributed by atoms with E-state index in [9.17, 15) is 9.90 Å². The smallest absolute Gasteiger partial charge is 0.336 e. The molecule has 0 amide bonds. The number of halogens is 2. The van der Waals surface area contributed by atoms with Gasteiger partial charge in [-0.3, -0.25) is 0 Å². The van der Waals surface area contributed by atoms with E-state index in [1.165, 1.54) is 0 Å². The molecule has 0 bridgehead atoms. The minimum Gasteiger partial charge on any atom is -0.478 e. The Morgan fingerprint density at radius 2 is 2.04 bits per heavy atom. The molecular weight excluding hydrogens is 380 g/mol. The molecule has 3 rings (SSSR count). The first-order valence-corrected chi connectivity index (χ1v) is 8.00. The van der Waals surface area contributed by atoms with Crippen LogP contribution in [0.25, 0.3) is 11.4 Å². The number of aromatic nitrogens is 2. The maximum absolute atomic E-state index is 11.3. The molecule has 0 aliphatic carbocycles. The first-order chi connectivity index (χ1) is 11.0. The zero-order chi connectivity index (χ0) is 16.4. The van der Waals surface area contributed by atoms with Crippen molar-refractivity contribution in [2.45, 2.75) is 6.54 Å². The summed E-state index contributed by atoms with van der Waals surface area (Å²) < 4.78 is 2.76. The fourth-order valence-corrected chi connectivity index (χ4v) is 3.29. The lowest BCUT2D eigenvalue weighted by atomic mass is 10.1. The Bertz CT molecular complexity index is 856. The molecule has 0 aliphatic heterocycles. The van der Waals surface area contributed by atoms with E-state index in [2.05, 4.69) is 20.9 Å². The summed E-state index contributed by atoms with van der Waals surface area (Å²) in [5.41, 5.74) is 1.88. The Morgan fingerprint density at radius 3 is 2.78 bits per heavy atom. The molecular formula is C17H12BrClN2O2. The number of nitrogens with zero attached hydrogens (tertiary/aromatic N) is 2. The highest BCUT2D eigenvalue weighted by atomic mass is 79.9. The van der Waals surface area contributed by atoms with Crippen LogP contribution in [0.4, 0.5) is 0 Å². The molecule has 1 N–H and O–H groups in total. The molecule has 0 atom stereocenters. The van der Waals surface area contributed by atoms with Gasteiger partial charge >= 0.3 is 5.97 Å². The third kappa shape index (κ3) is 3.46. The highest BCUT2D eigenvalue weighted by Crippen LogP contribution is 2.27. The number of aromatic carboxylic acids is 1. The van der Waals surface area contributed by atoms with Crippen LogP contribution in [0.3, 0.4) is 0 Å². The van der Waals surface area contributed by atoms with Crippen molar-refractivity contribution >= 4 is 33.5 Å². The van der Waals surface area contributed by atoms with E-state index in [0.717, 1.165) is 21.4 Å². The highest BCUT2D eigenvalue weighted by molar-refractivity contribution is 9.10. The number of carboxylic acids is 1. The second-order valence-electron chi connectivity index (χ2n) is 5.00. The van der Waals surface area contributed by atoms with Crippen LogP contribution in [0.5, 0.6) is 0 Å². The number of imidazole rings is 1. The van der Waals surface area contributed by atoms with Gasteiger partial charge in [0, 0.05) is 34.0 Å². The van der Waals surface area contributed by atoms with Crippen molar-refractivity contribution in [2.75, 3.05) is 0 Å². The summed E-state index contributed by atoms with van der Waals surface area (Å²) >= 11 is 9.52.